The highest BCUT2D eigenvalue weighted by atomic mass is 15.1. The van der Waals surface area contributed by atoms with E-state index in [2.05, 4.69) is 224 Å². The van der Waals surface area contributed by atoms with E-state index in [9.17, 15) is 0 Å². The van der Waals surface area contributed by atoms with Gasteiger partial charge in [0.15, 0.2) is 0 Å². The van der Waals surface area contributed by atoms with E-state index in [1.807, 2.05) is 0 Å². The fraction of sp³-hybridized carbons (Fsp3) is 0.222. The van der Waals surface area contributed by atoms with Crippen LogP contribution in [0.15, 0.2) is 164 Å². The Bertz CT molecular complexity index is 2520. The summed E-state index contributed by atoms with van der Waals surface area (Å²) in [5, 5.41) is 0. The maximum atomic E-state index is 2.53. The standard InChI is InChI=1S/C54H51N/c1-51(2,3)38-33-44-43-28-20-30-48(50(43)54(36-21-12-9-13-22-36,37-23-14-10-15-24-37)49(44)47(34-38)52(4,5)6)55(39-25-16-11-17-26-39)40-31-32-42-41-27-18-19-29-45(41)53(7,8)46(42)35-40/h9-35H,1-8H3. The fourth-order valence-electron chi connectivity index (χ4n) is 9.71. The van der Waals surface area contributed by atoms with Crippen molar-refractivity contribution in [1.82, 2.24) is 0 Å². The van der Waals surface area contributed by atoms with Crippen molar-refractivity contribution in [3.63, 3.8) is 0 Å². The van der Waals surface area contributed by atoms with Crippen molar-refractivity contribution in [3.8, 4) is 22.3 Å². The third-order valence-electron chi connectivity index (χ3n) is 12.4. The van der Waals surface area contributed by atoms with Gasteiger partial charge in [-0.05, 0) is 102 Å². The molecule has 1 nitrogen and oxygen atoms in total. The maximum absolute atomic E-state index is 2.53. The largest absolute Gasteiger partial charge is 0.310 e. The molecule has 0 heterocycles. The molecule has 1 heteroatoms. The molecule has 272 valence electrons. The highest BCUT2D eigenvalue weighted by Gasteiger charge is 2.51. The van der Waals surface area contributed by atoms with Crippen LogP contribution in [0.5, 0.6) is 0 Å². The topological polar surface area (TPSA) is 3.24 Å². The van der Waals surface area contributed by atoms with E-state index in [1.165, 1.54) is 72.4 Å². The molecule has 2 aliphatic carbocycles. The molecule has 0 saturated carbocycles. The summed E-state index contributed by atoms with van der Waals surface area (Å²) < 4.78 is 0. The van der Waals surface area contributed by atoms with Crippen LogP contribution in [-0.2, 0) is 21.7 Å². The number of nitrogens with zero attached hydrogens (tertiary/aromatic N) is 1. The minimum Gasteiger partial charge on any atom is -0.310 e. The van der Waals surface area contributed by atoms with Crippen molar-refractivity contribution in [1.29, 1.82) is 0 Å². The van der Waals surface area contributed by atoms with Gasteiger partial charge in [0, 0.05) is 22.4 Å². The van der Waals surface area contributed by atoms with E-state index >= 15 is 0 Å². The molecule has 7 aromatic rings. The Morgan fingerprint density at radius 2 is 0.982 bits per heavy atom. The van der Waals surface area contributed by atoms with Gasteiger partial charge >= 0.3 is 0 Å². The van der Waals surface area contributed by atoms with E-state index in [0.29, 0.717) is 0 Å². The first-order valence-corrected chi connectivity index (χ1v) is 19.9. The molecule has 9 rings (SSSR count). The van der Waals surface area contributed by atoms with Crippen LogP contribution in [0.4, 0.5) is 17.1 Å². The Hall–Kier alpha value is -5.66. The molecular formula is C54H51N. The van der Waals surface area contributed by atoms with Gasteiger partial charge in [0.1, 0.15) is 0 Å². The Kier molecular flexibility index (Phi) is 7.93. The number of hydrogen-bond acceptors (Lipinski definition) is 1. The first kappa shape index (κ1) is 35.1. The second kappa shape index (κ2) is 12.4. The van der Waals surface area contributed by atoms with E-state index in [4.69, 9.17) is 0 Å². The van der Waals surface area contributed by atoms with E-state index in [0.717, 1.165) is 11.4 Å². The second-order valence-corrected chi connectivity index (χ2v) is 18.2. The Morgan fingerprint density at radius 3 is 1.60 bits per heavy atom. The lowest BCUT2D eigenvalue weighted by Crippen LogP contribution is -2.33. The molecule has 0 spiro atoms. The molecule has 55 heavy (non-hydrogen) atoms. The lowest BCUT2D eigenvalue weighted by atomic mass is 9.63. The summed E-state index contributed by atoms with van der Waals surface area (Å²) in [5.41, 5.74) is 18.7. The van der Waals surface area contributed by atoms with Crippen LogP contribution in [0.3, 0.4) is 0 Å². The number of benzene rings is 7. The van der Waals surface area contributed by atoms with Crippen LogP contribution in [0.1, 0.15) is 99.9 Å². The first-order chi connectivity index (χ1) is 26.3. The van der Waals surface area contributed by atoms with E-state index in [1.54, 1.807) is 0 Å². The van der Waals surface area contributed by atoms with Crippen molar-refractivity contribution in [3.05, 3.63) is 208 Å². The second-order valence-electron chi connectivity index (χ2n) is 18.2. The summed E-state index contributed by atoms with van der Waals surface area (Å²) in [6, 6.07) is 61.8. The van der Waals surface area contributed by atoms with Gasteiger partial charge in [-0.1, -0.05) is 189 Å². The molecule has 0 aromatic heterocycles. The van der Waals surface area contributed by atoms with Crippen molar-refractivity contribution in [2.75, 3.05) is 4.90 Å². The Labute approximate surface area is 328 Å². The number of fused-ring (bicyclic) bond motifs is 6. The third-order valence-corrected chi connectivity index (χ3v) is 12.4. The van der Waals surface area contributed by atoms with E-state index < -0.39 is 5.41 Å². The zero-order valence-corrected chi connectivity index (χ0v) is 33.5. The van der Waals surface area contributed by atoms with Gasteiger partial charge < -0.3 is 4.90 Å². The molecule has 0 fully saturated rings. The van der Waals surface area contributed by atoms with Crippen LogP contribution in [0, 0.1) is 0 Å². The first-order valence-electron chi connectivity index (χ1n) is 19.9. The molecule has 7 aromatic carbocycles. The minimum atomic E-state index is -0.595. The number of rotatable bonds is 5. The molecule has 0 radical (unpaired) electrons. The molecule has 0 bridgehead atoms. The van der Waals surface area contributed by atoms with E-state index in [-0.39, 0.29) is 16.2 Å². The van der Waals surface area contributed by atoms with Crippen molar-refractivity contribution >= 4 is 17.1 Å². The molecule has 0 amide bonds. The molecule has 0 atom stereocenters. The van der Waals surface area contributed by atoms with Crippen molar-refractivity contribution in [2.24, 2.45) is 0 Å². The zero-order chi connectivity index (χ0) is 38.3. The summed E-state index contributed by atoms with van der Waals surface area (Å²) in [7, 11) is 0. The highest BCUT2D eigenvalue weighted by molar-refractivity contribution is 5.96. The average Bonchev–Trinajstić information content (AvgIpc) is 3.61. The predicted octanol–water partition coefficient (Wildman–Crippen LogP) is 14.4. The predicted molar refractivity (Wildman–Crippen MR) is 233 cm³/mol. The SMILES string of the molecule is CC(C)(C)c1cc2c(c(C(C)(C)C)c1)C(c1ccccc1)(c1ccccc1)c1c-2cccc1N(c1ccccc1)c1ccc2c(c1)C(C)(C)c1ccccc1-2. The molecule has 0 saturated heterocycles. The normalized spacial score (nSPS) is 14.8. The number of hydrogen-bond donors (Lipinski definition) is 0. The number of anilines is 3. The lowest BCUT2D eigenvalue weighted by Gasteiger charge is -2.40. The van der Waals surface area contributed by atoms with Gasteiger partial charge in [0.2, 0.25) is 0 Å². The quantitative estimate of drug-likeness (QED) is 0.172. The summed E-state index contributed by atoms with van der Waals surface area (Å²) in [6.45, 7) is 19.0. The molecular weight excluding hydrogens is 663 g/mol. The summed E-state index contributed by atoms with van der Waals surface area (Å²) >= 11 is 0. The maximum Gasteiger partial charge on any atom is 0.0737 e. The highest BCUT2D eigenvalue weighted by Crippen LogP contribution is 2.63. The Balaban J connectivity index is 1.43. The van der Waals surface area contributed by atoms with Gasteiger partial charge in [-0.2, -0.15) is 0 Å². The monoisotopic (exact) mass is 713 g/mol. The van der Waals surface area contributed by atoms with Crippen molar-refractivity contribution in [2.45, 2.75) is 77.0 Å². The van der Waals surface area contributed by atoms with Gasteiger partial charge in [-0.3, -0.25) is 0 Å². The summed E-state index contributed by atoms with van der Waals surface area (Å²) in [4.78, 5) is 2.53. The van der Waals surface area contributed by atoms with Crippen LogP contribution in [0.2, 0.25) is 0 Å². The van der Waals surface area contributed by atoms with Gasteiger partial charge in [0.05, 0.1) is 11.1 Å². The van der Waals surface area contributed by atoms with Crippen LogP contribution >= 0.6 is 0 Å². The number of para-hydroxylation sites is 1. The summed E-state index contributed by atoms with van der Waals surface area (Å²) in [5.74, 6) is 0. The van der Waals surface area contributed by atoms with Crippen molar-refractivity contribution < 1.29 is 0 Å². The molecule has 0 N–H and O–H groups in total. The smallest absolute Gasteiger partial charge is 0.0737 e. The Morgan fingerprint density at radius 1 is 0.418 bits per heavy atom. The average molecular weight is 714 g/mol. The van der Waals surface area contributed by atoms with Gasteiger partial charge in [0.25, 0.3) is 0 Å². The molecule has 0 unspecified atom stereocenters. The minimum absolute atomic E-state index is 0.0254. The molecule has 0 aliphatic heterocycles. The summed E-state index contributed by atoms with van der Waals surface area (Å²) in [6.07, 6.45) is 0. The third kappa shape index (κ3) is 5.27. The van der Waals surface area contributed by atoms with Gasteiger partial charge in [-0.15, -0.1) is 0 Å². The van der Waals surface area contributed by atoms with Crippen LogP contribution < -0.4 is 4.90 Å². The van der Waals surface area contributed by atoms with Crippen LogP contribution in [0.25, 0.3) is 22.3 Å². The van der Waals surface area contributed by atoms with Gasteiger partial charge in [-0.25, -0.2) is 0 Å². The lowest BCUT2D eigenvalue weighted by molar-refractivity contribution is 0.557. The zero-order valence-electron chi connectivity index (χ0n) is 33.5. The van der Waals surface area contributed by atoms with Crippen LogP contribution in [-0.4, -0.2) is 0 Å². The fourth-order valence-corrected chi connectivity index (χ4v) is 9.71. The molecule has 2 aliphatic rings.